The Morgan fingerprint density at radius 3 is 2.52 bits per heavy atom. The summed E-state index contributed by atoms with van der Waals surface area (Å²) in [5, 5.41) is 7.25. The zero-order valence-corrected chi connectivity index (χ0v) is 13.2. The van der Waals surface area contributed by atoms with Crippen molar-refractivity contribution in [2.24, 2.45) is 5.92 Å². The summed E-state index contributed by atoms with van der Waals surface area (Å²) < 4.78 is 5.29. The molecule has 1 aromatic carbocycles. The first kappa shape index (κ1) is 15.5. The molecule has 1 aromatic heterocycles. The van der Waals surface area contributed by atoms with E-state index in [1.165, 1.54) is 0 Å². The van der Waals surface area contributed by atoms with Crippen LogP contribution in [0.15, 0.2) is 34.9 Å². The Kier molecular flexibility index (Phi) is 5.33. The second-order valence-corrected chi connectivity index (χ2v) is 5.92. The minimum absolute atomic E-state index is 0.448. The second kappa shape index (κ2) is 7.22. The Labute approximate surface area is 126 Å². The molecule has 1 heterocycles. The van der Waals surface area contributed by atoms with Gasteiger partial charge in [0.05, 0.1) is 0 Å². The van der Waals surface area contributed by atoms with Crippen LogP contribution >= 0.6 is 0 Å². The molecule has 1 N–H and O–H groups in total. The van der Waals surface area contributed by atoms with Crippen LogP contribution in [0.5, 0.6) is 0 Å². The van der Waals surface area contributed by atoms with Gasteiger partial charge >= 0.3 is 0 Å². The minimum Gasteiger partial charge on any atom is -0.350 e. The van der Waals surface area contributed by atoms with E-state index >= 15 is 0 Å². The third-order valence-electron chi connectivity index (χ3n) is 3.42. The van der Waals surface area contributed by atoms with Gasteiger partial charge in [-0.25, -0.2) is 0 Å². The molecule has 0 aliphatic rings. The highest BCUT2D eigenvalue weighted by Crippen LogP contribution is 2.18. The summed E-state index contributed by atoms with van der Waals surface area (Å²) in [5.41, 5.74) is 0.935. The number of nitrogens with zero attached hydrogens (tertiary/aromatic N) is 3. The number of benzene rings is 1. The molecule has 2 aromatic rings. The summed E-state index contributed by atoms with van der Waals surface area (Å²) >= 11 is 0. The van der Waals surface area contributed by atoms with Crippen molar-refractivity contribution in [2.45, 2.75) is 26.3 Å². The monoisotopic (exact) mass is 288 g/mol. The van der Waals surface area contributed by atoms with Crippen LogP contribution in [-0.2, 0) is 0 Å². The van der Waals surface area contributed by atoms with Gasteiger partial charge in [0.25, 0.3) is 11.8 Å². The van der Waals surface area contributed by atoms with Gasteiger partial charge in [0.1, 0.15) is 0 Å². The van der Waals surface area contributed by atoms with Gasteiger partial charge in [0.15, 0.2) is 0 Å². The SMILES string of the molecule is CC(C)CC(CNc1noc(-c2ccccc2)n1)N(C)C. The predicted octanol–water partition coefficient (Wildman–Crippen LogP) is 3.12. The average molecular weight is 288 g/mol. The van der Waals surface area contributed by atoms with E-state index in [2.05, 4.69) is 48.3 Å². The standard InChI is InChI=1S/C16H24N4O/c1-12(2)10-14(20(3)4)11-17-16-18-15(21-19-16)13-8-6-5-7-9-13/h5-9,12,14H,10-11H2,1-4H3,(H,17,19). The van der Waals surface area contributed by atoms with Gasteiger partial charge < -0.3 is 14.7 Å². The van der Waals surface area contributed by atoms with Gasteiger partial charge in [-0.3, -0.25) is 0 Å². The van der Waals surface area contributed by atoms with Crippen molar-refractivity contribution in [3.05, 3.63) is 30.3 Å². The Morgan fingerprint density at radius 1 is 1.19 bits per heavy atom. The molecular weight excluding hydrogens is 264 g/mol. The van der Waals surface area contributed by atoms with Crippen molar-refractivity contribution >= 4 is 5.95 Å². The van der Waals surface area contributed by atoms with Crippen molar-refractivity contribution < 1.29 is 4.52 Å². The molecule has 0 saturated carbocycles. The lowest BCUT2D eigenvalue weighted by atomic mass is 10.0. The minimum atomic E-state index is 0.448. The van der Waals surface area contributed by atoms with E-state index in [4.69, 9.17) is 4.52 Å². The third-order valence-corrected chi connectivity index (χ3v) is 3.42. The second-order valence-electron chi connectivity index (χ2n) is 5.92. The molecule has 114 valence electrons. The molecule has 0 radical (unpaired) electrons. The van der Waals surface area contributed by atoms with Crippen LogP contribution in [0.4, 0.5) is 5.95 Å². The van der Waals surface area contributed by atoms with Crippen molar-refractivity contribution in [1.82, 2.24) is 15.0 Å². The topological polar surface area (TPSA) is 54.2 Å². The molecular formula is C16H24N4O. The first-order valence-corrected chi connectivity index (χ1v) is 7.35. The van der Waals surface area contributed by atoms with Gasteiger partial charge in [0.2, 0.25) is 0 Å². The number of hydrogen-bond donors (Lipinski definition) is 1. The molecule has 0 saturated heterocycles. The molecule has 1 unspecified atom stereocenters. The van der Waals surface area contributed by atoms with E-state index < -0.39 is 0 Å². The maximum atomic E-state index is 5.29. The summed E-state index contributed by atoms with van der Waals surface area (Å²) in [5.74, 6) is 1.75. The molecule has 0 amide bonds. The lowest BCUT2D eigenvalue weighted by Gasteiger charge is -2.25. The third kappa shape index (κ3) is 4.56. The molecule has 0 fully saturated rings. The van der Waals surface area contributed by atoms with Crippen LogP contribution < -0.4 is 5.32 Å². The van der Waals surface area contributed by atoms with Crippen LogP contribution in [0.25, 0.3) is 11.5 Å². The Hall–Kier alpha value is -1.88. The van der Waals surface area contributed by atoms with Crippen molar-refractivity contribution in [3.8, 4) is 11.5 Å². The Morgan fingerprint density at radius 2 is 1.90 bits per heavy atom. The van der Waals surface area contributed by atoms with E-state index in [1.54, 1.807) is 0 Å². The zero-order chi connectivity index (χ0) is 15.2. The van der Waals surface area contributed by atoms with Crippen LogP contribution in [0.3, 0.4) is 0 Å². The Bertz CT molecular complexity index is 536. The smallest absolute Gasteiger partial charge is 0.263 e. The summed E-state index contributed by atoms with van der Waals surface area (Å²) in [4.78, 5) is 6.61. The maximum Gasteiger partial charge on any atom is 0.263 e. The largest absolute Gasteiger partial charge is 0.350 e. The lowest BCUT2D eigenvalue weighted by molar-refractivity contribution is 0.265. The fourth-order valence-electron chi connectivity index (χ4n) is 2.22. The van der Waals surface area contributed by atoms with E-state index in [-0.39, 0.29) is 0 Å². The summed E-state index contributed by atoms with van der Waals surface area (Å²) in [7, 11) is 4.20. The van der Waals surface area contributed by atoms with Crippen LogP contribution in [-0.4, -0.2) is 41.7 Å². The van der Waals surface area contributed by atoms with Crippen molar-refractivity contribution in [3.63, 3.8) is 0 Å². The summed E-state index contributed by atoms with van der Waals surface area (Å²) in [6.07, 6.45) is 1.13. The van der Waals surface area contributed by atoms with Gasteiger partial charge in [-0.15, -0.1) is 0 Å². The summed E-state index contributed by atoms with van der Waals surface area (Å²) in [6.45, 7) is 5.27. The van der Waals surface area contributed by atoms with Gasteiger partial charge in [-0.2, -0.15) is 4.98 Å². The van der Waals surface area contributed by atoms with E-state index in [0.29, 0.717) is 23.8 Å². The number of hydrogen-bond acceptors (Lipinski definition) is 5. The molecule has 21 heavy (non-hydrogen) atoms. The van der Waals surface area contributed by atoms with E-state index in [1.807, 2.05) is 30.3 Å². The first-order chi connectivity index (χ1) is 10.1. The maximum absolute atomic E-state index is 5.29. The number of anilines is 1. The fraction of sp³-hybridized carbons (Fsp3) is 0.500. The normalized spacial score (nSPS) is 12.9. The average Bonchev–Trinajstić information content (AvgIpc) is 2.92. The van der Waals surface area contributed by atoms with Crippen molar-refractivity contribution in [1.29, 1.82) is 0 Å². The highest BCUT2D eigenvalue weighted by atomic mass is 16.5. The number of nitrogens with one attached hydrogen (secondary N) is 1. The molecule has 1 atom stereocenters. The van der Waals surface area contributed by atoms with Crippen molar-refractivity contribution in [2.75, 3.05) is 26.0 Å². The van der Waals surface area contributed by atoms with Crippen LogP contribution in [0, 0.1) is 5.92 Å². The number of likely N-dealkylation sites (N-methyl/N-ethyl adjacent to an activating group) is 1. The number of rotatable bonds is 7. The molecule has 5 heteroatoms. The molecule has 0 bridgehead atoms. The number of aromatic nitrogens is 2. The zero-order valence-electron chi connectivity index (χ0n) is 13.2. The molecule has 0 aliphatic heterocycles. The fourth-order valence-corrected chi connectivity index (χ4v) is 2.22. The van der Waals surface area contributed by atoms with Gasteiger partial charge in [-0.1, -0.05) is 32.0 Å². The van der Waals surface area contributed by atoms with Gasteiger partial charge in [0, 0.05) is 18.2 Å². The highest BCUT2D eigenvalue weighted by Gasteiger charge is 2.15. The highest BCUT2D eigenvalue weighted by molar-refractivity contribution is 5.53. The lowest BCUT2D eigenvalue weighted by Crippen LogP contribution is -2.35. The molecule has 0 aliphatic carbocycles. The summed E-state index contributed by atoms with van der Waals surface area (Å²) in [6, 6.07) is 10.2. The van der Waals surface area contributed by atoms with Gasteiger partial charge in [-0.05, 0) is 43.7 Å². The molecule has 2 rings (SSSR count). The Balaban J connectivity index is 1.96. The predicted molar refractivity (Wildman–Crippen MR) is 85.2 cm³/mol. The van der Waals surface area contributed by atoms with Crippen LogP contribution in [0.1, 0.15) is 20.3 Å². The van der Waals surface area contributed by atoms with E-state index in [0.717, 1.165) is 18.5 Å². The quantitative estimate of drug-likeness (QED) is 0.848. The van der Waals surface area contributed by atoms with E-state index in [9.17, 15) is 0 Å². The molecule has 5 nitrogen and oxygen atoms in total. The molecule has 0 spiro atoms. The first-order valence-electron chi connectivity index (χ1n) is 7.35. The van der Waals surface area contributed by atoms with Crippen LogP contribution in [0.2, 0.25) is 0 Å².